The zero-order valence-corrected chi connectivity index (χ0v) is 35.1. The van der Waals surface area contributed by atoms with E-state index in [2.05, 4.69) is 139 Å². The second kappa shape index (κ2) is 28.7. The van der Waals surface area contributed by atoms with Gasteiger partial charge in [0.2, 0.25) is 0 Å². The lowest BCUT2D eigenvalue weighted by atomic mass is 10.1. The first-order valence-corrected chi connectivity index (χ1v) is 23.6. The fourth-order valence-electron chi connectivity index (χ4n) is 4.09. The maximum absolute atomic E-state index is 2.31. The third-order valence-electron chi connectivity index (χ3n) is 6.51. The number of thioether (sulfide) groups is 6. The molecule has 4 aromatic rings. The number of rotatable bonds is 19. The first kappa shape index (κ1) is 43.1. The van der Waals surface area contributed by atoms with Crippen molar-refractivity contribution >= 4 is 70.6 Å². The Morgan fingerprint density at radius 1 is 0.292 bits per heavy atom. The average Bonchev–Trinajstić information content (AvgIpc) is 3.14. The van der Waals surface area contributed by atoms with Crippen molar-refractivity contribution in [3.8, 4) is 11.1 Å². The van der Waals surface area contributed by atoms with Crippen LogP contribution in [0.4, 0.5) is 0 Å². The molecule has 0 fully saturated rings. The van der Waals surface area contributed by atoms with Crippen molar-refractivity contribution in [2.24, 2.45) is 0 Å². The molecule has 0 saturated carbocycles. The highest BCUT2D eigenvalue weighted by atomic mass is 32.2. The van der Waals surface area contributed by atoms with Crippen LogP contribution in [-0.2, 0) is 0 Å². The third kappa shape index (κ3) is 19.4. The van der Waals surface area contributed by atoms with Crippen LogP contribution in [0, 0.1) is 0 Å². The highest BCUT2D eigenvalue weighted by Crippen LogP contribution is 2.28. The molecule has 4 aromatic carbocycles. The quantitative estimate of drug-likeness (QED) is 0.0868. The van der Waals surface area contributed by atoms with Crippen LogP contribution in [-0.4, -0.2) is 34.5 Å². The van der Waals surface area contributed by atoms with E-state index in [1.54, 1.807) is 0 Å². The molecule has 0 nitrogen and oxygen atoms in total. The fraction of sp³-hybridized carbons (Fsp3) is 0.429. The van der Waals surface area contributed by atoms with E-state index in [9.17, 15) is 0 Å². The molecule has 0 radical (unpaired) electrons. The molecule has 0 bridgehead atoms. The molecule has 4 rings (SSSR count). The molecule has 262 valence electrons. The lowest BCUT2D eigenvalue weighted by Crippen LogP contribution is -1.81. The molecule has 0 spiro atoms. The Morgan fingerprint density at radius 2 is 0.521 bits per heavy atom. The Morgan fingerprint density at radius 3 is 0.771 bits per heavy atom. The van der Waals surface area contributed by atoms with E-state index in [-0.39, 0.29) is 0 Å². The molecule has 0 aliphatic heterocycles. The van der Waals surface area contributed by atoms with Gasteiger partial charge in [-0.25, -0.2) is 0 Å². The topological polar surface area (TPSA) is 0 Å². The van der Waals surface area contributed by atoms with Crippen LogP contribution in [0.1, 0.15) is 80.1 Å². The van der Waals surface area contributed by atoms with E-state index in [0.717, 1.165) is 0 Å². The molecule has 48 heavy (non-hydrogen) atoms. The van der Waals surface area contributed by atoms with Gasteiger partial charge in [-0.2, -0.15) is 0 Å². The Balaban J connectivity index is 0.000000257. The molecule has 0 aliphatic rings. The van der Waals surface area contributed by atoms with Crippen LogP contribution in [0.25, 0.3) is 11.1 Å². The standard InChI is InChI=1S/C18H22S2.2C12H18S2/c1-3-13-19-17-9-5-15(6-10-17)16-7-11-18(12-8-16)20-14-4-2;1-3-9-13-11-5-7-12(8-6-11)14-10-4-2;1-3-8-13-11-6-5-7-12(10-11)14-9-4-2/h5-12H,3-4,13-14H2,1-2H3;5-8H,3-4,9-10H2,1-2H3;5-7,10H,3-4,8-9H2,1-2H3. The van der Waals surface area contributed by atoms with Gasteiger partial charge < -0.3 is 0 Å². The van der Waals surface area contributed by atoms with Crippen LogP contribution in [0.15, 0.2) is 126 Å². The van der Waals surface area contributed by atoms with Gasteiger partial charge in [-0.3, -0.25) is 0 Å². The van der Waals surface area contributed by atoms with Gasteiger partial charge in [0.1, 0.15) is 0 Å². The van der Waals surface area contributed by atoms with Gasteiger partial charge in [0.15, 0.2) is 0 Å². The Hall–Kier alpha value is -1.02. The normalized spacial score (nSPS) is 10.5. The number of hydrogen-bond donors (Lipinski definition) is 0. The minimum atomic E-state index is 1.20. The molecule has 0 saturated heterocycles. The van der Waals surface area contributed by atoms with Crippen LogP contribution in [0.5, 0.6) is 0 Å². The van der Waals surface area contributed by atoms with E-state index < -0.39 is 0 Å². The molecule has 0 aliphatic carbocycles. The summed E-state index contributed by atoms with van der Waals surface area (Å²) in [4.78, 5) is 8.35. The zero-order valence-electron chi connectivity index (χ0n) is 30.2. The van der Waals surface area contributed by atoms with Crippen LogP contribution >= 0.6 is 70.6 Å². The van der Waals surface area contributed by atoms with Gasteiger partial charge in [-0.05, 0) is 151 Å². The van der Waals surface area contributed by atoms with Gasteiger partial charge >= 0.3 is 0 Å². The summed E-state index contributed by atoms with van der Waals surface area (Å²) < 4.78 is 0. The molecule has 6 heteroatoms. The van der Waals surface area contributed by atoms with Crippen molar-refractivity contribution in [2.45, 2.75) is 109 Å². The summed E-state index contributed by atoms with van der Waals surface area (Å²) in [5.74, 6) is 7.29. The lowest BCUT2D eigenvalue weighted by molar-refractivity contribution is 1.10. The monoisotopic (exact) mass is 754 g/mol. The number of hydrogen-bond acceptors (Lipinski definition) is 6. The minimum Gasteiger partial charge on any atom is -0.126 e. The third-order valence-corrected chi connectivity index (χ3v) is 13.8. The van der Waals surface area contributed by atoms with E-state index in [1.165, 1.54) is 114 Å². The van der Waals surface area contributed by atoms with Crippen molar-refractivity contribution in [3.63, 3.8) is 0 Å². The van der Waals surface area contributed by atoms with Crippen molar-refractivity contribution in [1.82, 2.24) is 0 Å². The van der Waals surface area contributed by atoms with Gasteiger partial charge in [0.05, 0.1) is 0 Å². The fourth-order valence-corrected chi connectivity index (χ4v) is 8.89. The molecule has 0 N–H and O–H groups in total. The molecular formula is C42H58S6. The van der Waals surface area contributed by atoms with Gasteiger partial charge in [0, 0.05) is 29.4 Å². The first-order chi connectivity index (χ1) is 23.6. The van der Waals surface area contributed by atoms with Gasteiger partial charge in [-0.15, -0.1) is 70.6 Å². The van der Waals surface area contributed by atoms with E-state index in [4.69, 9.17) is 0 Å². The molecule has 0 amide bonds. The highest BCUT2D eigenvalue weighted by Gasteiger charge is 2.01. The summed E-state index contributed by atoms with van der Waals surface area (Å²) in [6.45, 7) is 13.3. The summed E-state index contributed by atoms with van der Waals surface area (Å²) in [5, 5.41) is 0. The predicted octanol–water partition coefficient (Wildman–Crippen LogP) is 15.7. The summed E-state index contributed by atoms with van der Waals surface area (Å²) in [6, 6.07) is 35.7. The van der Waals surface area contributed by atoms with E-state index >= 15 is 0 Å². The molecule has 0 aromatic heterocycles. The maximum atomic E-state index is 2.31. The van der Waals surface area contributed by atoms with Crippen molar-refractivity contribution in [2.75, 3.05) is 34.5 Å². The summed E-state index contributed by atoms with van der Waals surface area (Å²) >= 11 is 11.7. The second-order valence-electron chi connectivity index (χ2n) is 11.1. The van der Waals surface area contributed by atoms with Gasteiger partial charge in [0.25, 0.3) is 0 Å². The van der Waals surface area contributed by atoms with Crippen molar-refractivity contribution in [3.05, 3.63) is 97.1 Å². The lowest BCUT2D eigenvalue weighted by Gasteiger charge is -2.05. The smallest absolute Gasteiger partial charge is 0.00830 e. The molecule has 0 atom stereocenters. The highest BCUT2D eigenvalue weighted by molar-refractivity contribution is 8.00. The SMILES string of the molecule is CCCSc1ccc(-c2ccc(SCCC)cc2)cc1.CCCSc1ccc(SCCC)cc1.CCCSc1cccc(SCCC)c1. The van der Waals surface area contributed by atoms with Crippen LogP contribution < -0.4 is 0 Å². The molecule has 0 unspecified atom stereocenters. The largest absolute Gasteiger partial charge is 0.126 e. The maximum Gasteiger partial charge on any atom is 0.00830 e. The van der Waals surface area contributed by atoms with Crippen molar-refractivity contribution < 1.29 is 0 Å². The minimum absolute atomic E-state index is 1.20. The summed E-state index contributed by atoms with van der Waals surface area (Å²) in [7, 11) is 0. The summed E-state index contributed by atoms with van der Waals surface area (Å²) in [5.41, 5.74) is 2.61. The number of benzene rings is 4. The van der Waals surface area contributed by atoms with E-state index in [1.807, 2.05) is 70.6 Å². The zero-order chi connectivity index (χ0) is 34.7. The molecular weight excluding hydrogens is 697 g/mol. The van der Waals surface area contributed by atoms with Crippen molar-refractivity contribution in [1.29, 1.82) is 0 Å². The Labute approximate surface area is 320 Å². The van der Waals surface area contributed by atoms with Crippen LogP contribution in [0.3, 0.4) is 0 Å². The summed E-state index contributed by atoms with van der Waals surface area (Å²) in [6.07, 6.45) is 7.44. The van der Waals surface area contributed by atoms with E-state index in [0.29, 0.717) is 0 Å². The Bertz CT molecular complexity index is 1220. The second-order valence-corrected chi connectivity index (χ2v) is 18.1. The molecule has 0 heterocycles. The van der Waals surface area contributed by atoms with Crippen LogP contribution in [0.2, 0.25) is 0 Å². The Kier molecular flexibility index (Phi) is 25.8. The first-order valence-electron chi connectivity index (χ1n) is 17.7. The average molecular weight is 755 g/mol. The van der Waals surface area contributed by atoms with Gasteiger partial charge in [-0.1, -0.05) is 71.9 Å². The predicted molar refractivity (Wildman–Crippen MR) is 231 cm³/mol.